The van der Waals surface area contributed by atoms with Gasteiger partial charge in [-0.25, -0.2) is 9.97 Å². The Morgan fingerprint density at radius 1 is 1.15 bits per heavy atom. The first-order chi connectivity index (χ1) is 16.0. The number of ether oxygens (including phenoxy) is 1. The molecule has 1 saturated carbocycles. The third-order valence-electron chi connectivity index (χ3n) is 6.66. The Morgan fingerprint density at radius 3 is 2.61 bits per heavy atom. The second-order valence-electron chi connectivity index (χ2n) is 9.21. The molecule has 174 valence electrons. The van der Waals surface area contributed by atoms with Crippen LogP contribution in [0.3, 0.4) is 0 Å². The third-order valence-corrected chi connectivity index (χ3v) is 6.66. The van der Waals surface area contributed by atoms with Crippen molar-refractivity contribution in [2.75, 3.05) is 12.4 Å². The topological polar surface area (TPSA) is 84.3 Å². The molecule has 6 heteroatoms. The van der Waals surface area contributed by atoms with Crippen molar-refractivity contribution < 1.29 is 14.6 Å². The smallest absolute Gasteiger partial charge is 0.229 e. The molecule has 6 nitrogen and oxygen atoms in total. The number of rotatable bonds is 7. The molecule has 0 saturated heterocycles. The van der Waals surface area contributed by atoms with Gasteiger partial charge in [0, 0.05) is 6.42 Å². The molecular formula is C27H33N3O3. The van der Waals surface area contributed by atoms with Crippen LogP contribution >= 0.6 is 0 Å². The minimum absolute atomic E-state index is 0.134. The minimum Gasteiger partial charge on any atom is -0.508 e. The molecular weight excluding hydrogens is 414 g/mol. The number of hydrogen-bond acceptors (Lipinski definition) is 5. The number of hydrogen-bond donors (Lipinski definition) is 2. The number of aromatic nitrogens is 2. The number of allylic oxidation sites excluding steroid dienone is 4. The third kappa shape index (κ3) is 6.01. The highest BCUT2D eigenvalue weighted by atomic mass is 16.5. The molecule has 1 unspecified atom stereocenters. The molecule has 2 aromatic rings. The summed E-state index contributed by atoms with van der Waals surface area (Å²) >= 11 is 0. The number of phenols is 1. The molecule has 1 heterocycles. The summed E-state index contributed by atoms with van der Waals surface area (Å²) in [5.41, 5.74) is 3.73. The van der Waals surface area contributed by atoms with Gasteiger partial charge in [0.25, 0.3) is 0 Å². The predicted octanol–water partition coefficient (Wildman–Crippen LogP) is 5.44. The molecule has 2 aliphatic rings. The van der Waals surface area contributed by atoms with Crippen molar-refractivity contribution in [3.05, 3.63) is 65.3 Å². The van der Waals surface area contributed by atoms with E-state index in [1.54, 1.807) is 37.6 Å². The molecule has 1 fully saturated rings. The Morgan fingerprint density at radius 2 is 1.91 bits per heavy atom. The van der Waals surface area contributed by atoms with E-state index in [0.29, 0.717) is 11.7 Å². The summed E-state index contributed by atoms with van der Waals surface area (Å²) in [7, 11) is 1.70. The predicted molar refractivity (Wildman–Crippen MR) is 130 cm³/mol. The van der Waals surface area contributed by atoms with Crippen LogP contribution in [0.2, 0.25) is 0 Å². The number of amides is 1. The summed E-state index contributed by atoms with van der Waals surface area (Å²) in [6.07, 6.45) is 14.0. The van der Waals surface area contributed by atoms with Gasteiger partial charge in [0.15, 0.2) is 5.82 Å². The second-order valence-corrected chi connectivity index (χ2v) is 9.21. The lowest BCUT2D eigenvalue weighted by Crippen LogP contribution is -2.20. The van der Waals surface area contributed by atoms with Gasteiger partial charge in [-0.1, -0.05) is 57.2 Å². The first-order valence-electron chi connectivity index (χ1n) is 11.9. The zero-order valence-electron chi connectivity index (χ0n) is 19.5. The molecule has 0 aliphatic heterocycles. The number of phenolic OH excluding ortho intramolecular Hbond substituents is 1. The van der Waals surface area contributed by atoms with E-state index < -0.39 is 0 Å². The summed E-state index contributed by atoms with van der Waals surface area (Å²) in [5, 5.41) is 12.5. The van der Waals surface area contributed by atoms with Crippen LogP contribution in [0.1, 0.15) is 62.4 Å². The molecule has 2 N–H and O–H groups in total. The molecule has 0 radical (unpaired) electrons. The number of nitrogens with one attached hydrogen (secondary N) is 1. The molecule has 33 heavy (non-hydrogen) atoms. The Labute approximate surface area is 195 Å². The van der Waals surface area contributed by atoms with E-state index in [9.17, 15) is 9.90 Å². The van der Waals surface area contributed by atoms with Gasteiger partial charge < -0.3 is 15.2 Å². The highest BCUT2D eigenvalue weighted by molar-refractivity contribution is 5.92. The first-order valence-corrected chi connectivity index (χ1v) is 11.9. The monoisotopic (exact) mass is 447 g/mol. The Bertz CT molecular complexity index is 1040. The van der Waals surface area contributed by atoms with Crippen LogP contribution in [-0.4, -0.2) is 28.1 Å². The number of benzene rings is 1. The van der Waals surface area contributed by atoms with Crippen LogP contribution < -0.4 is 5.32 Å². The van der Waals surface area contributed by atoms with Gasteiger partial charge in [0.05, 0.1) is 36.9 Å². The van der Waals surface area contributed by atoms with Crippen molar-refractivity contribution in [3.8, 4) is 5.75 Å². The Kier molecular flexibility index (Phi) is 7.43. The fourth-order valence-electron chi connectivity index (χ4n) is 4.77. The molecule has 4 rings (SSSR count). The first kappa shape index (κ1) is 23.0. The maximum atomic E-state index is 12.7. The van der Waals surface area contributed by atoms with Crippen LogP contribution in [0.4, 0.5) is 5.82 Å². The van der Waals surface area contributed by atoms with E-state index in [1.165, 1.54) is 32.1 Å². The lowest BCUT2D eigenvalue weighted by atomic mass is 9.86. The van der Waals surface area contributed by atoms with Crippen LogP contribution in [0, 0.1) is 11.8 Å². The Balaban J connectivity index is 1.57. The van der Waals surface area contributed by atoms with Gasteiger partial charge in [0.2, 0.25) is 5.91 Å². The zero-order chi connectivity index (χ0) is 23.2. The van der Waals surface area contributed by atoms with Crippen molar-refractivity contribution in [1.82, 2.24) is 9.97 Å². The molecule has 1 aromatic heterocycles. The van der Waals surface area contributed by atoms with Gasteiger partial charge >= 0.3 is 0 Å². The number of methoxy groups -OCH3 is 1. The quantitative estimate of drug-likeness (QED) is 0.590. The molecule has 0 spiro atoms. The number of nitrogens with zero attached hydrogens (tertiary/aromatic N) is 2. The average molecular weight is 448 g/mol. The number of aromatic hydroxyl groups is 1. The van der Waals surface area contributed by atoms with Gasteiger partial charge in [-0.15, -0.1) is 0 Å². The minimum atomic E-state index is -0.134. The standard InChI is InChI=1S/C27H33N3O3/c1-18-14-22(33-2)12-13-23(18)25-17-28-27(24(29-25)15-19-6-4-3-5-7-19)30-26(32)16-20-8-10-21(31)11-9-20/h8-13,17-19,31H,3-7,14-16H2,1-2H3,(H,28,30,32). The van der Waals surface area contributed by atoms with E-state index >= 15 is 0 Å². The summed E-state index contributed by atoms with van der Waals surface area (Å²) in [5.74, 6) is 2.45. The largest absolute Gasteiger partial charge is 0.508 e. The number of carbonyl (C=O) groups is 1. The van der Waals surface area contributed by atoms with Crippen molar-refractivity contribution in [2.45, 2.75) is 58.3 Å². The van der Waals surface area contributed by atoms with Crippen LogP contribution in [-0.2, 0) is 22.4 Å². The molecule has 1 amide bonds. The Hall–Kier alpha value is -3.15. The SMILES string of the molecule is COC1=CC=C(c2cnc(NC(=O)Cc3ccc(O)cc3)c(CC3CCCCC3)n2)C(C)C1. The van der Waals surface area contributed by atoms with Crippen molar-refractivity contribution >= 4 is 17.3 Å². The molecule has 0 bridgehead atoms. The van der Waals surface area contributed by atoms with Gasteiger partial charge in [0.1, 0.15) is 5.75 Å². The normalized spacial score (nSPS) is 18.9. The highest BCUT2D eigenvalue weighted by Gasteiger charge is 2.22. The lowest BCUT2D eigenvalue weighted by Gasteiger charge is -2.24. The lowest BCUT2D eigenvalue weighted by molar-refractivity contribution is -0.115. The van der Waals surface area contributed by atoms with Gasteiger partial charge in [-0.05, 0) is 47.6 Å². The average Bonchev–Trinajstić information content (AvgIpc) is 2.82. The van der Waals surface area contributed by atoms with Gasteiger partial charge in [-0.3, -0.25) is 4.79 Å². The van der Waals surface area contributed by atoms with E-state index in [2.05, 4.69) is 23.3 Å². The molecule has 2 aliphatic carbocycles. The van der Waals surface area contributed by atoms with Gasteiger partial charge in [-0.2, -0.15) is 0 Å². The summed E-state index contributed by atoms with van der Waals surface area (Å²) in [6, 6.07) is 6.69. The number of carbonyl (C=O) groups excluding carboxylic acids is 1. The second kappa shape index (κ2) is 10.6. The fourth-order valence-corrected chi connectivity index (χ4v) is 4.77. The van der Waals surface area contributed by atoms with Crippen molar-refractivity contribution in [1.29, 1.82) is 0 Å². The van der Waals surface area contributed by atoms with Crippen molar-refractivity contribution in [3.63, 3.8) is 0 Å². The number of anilines is 1. The van der Waals surface area contributed by atoms with Crippen molar-refractivity contribution in [2.24, 2.45) is 11.8 Å². The van der Waals surface area contributed by atoms with E-state index in [-0.39, 0.29) is 24.0 Å². The van der Waals surface area contributed by atoms with E-state index in [0.717, 1.165) is 41.1 Å². The van der Waals surface area contributed by atoms with E-state index in [4.69, 9.17) is 9.72 Å². The summed E-state index contributed by atoms with van der Waals surface area (Å²) in [6.45, 7) is 2.17. The zero-order valence-corrected chi connectivity index (χ0v) is 19.5. The summed E-state index contributed by atoms with van der Waals surface area (Å²) < 4.78 is 5.41. The maximum absolute atomic E-state index is 12.7. The molecule has 1 atom stereocenters. The molecule has 1 aromatic carbocycles. The van der Waals surface area contributed by atoms with E-state index in [1.807, 2.05) is 6.08 Å². The van der Waals surface area contributed by atoms with Crippen LogP contribution in [0.25, 0.3) is 5.57 Å². The van der Waals surface area contributed by atoms with Crippen LogP contribution in [0.15, 0.2) is 48.4 Å². The maximum Gasteiger partial charge on any atom is 0.229 e. The van der Waals surface area contributed by atoms with Crippen LogP contribution in [0.5, 0.6) is 5.75 Å². The fraction of sp³-hybridized carbons (Fsp3) is 0.444. The highest BCUT2D eigenvalue weighted by Crippen LogP contribution is 2.33. The summed E-state index contributed by atoms with van der Waals surface area (Å²) in [4.78, 5) is 22.4.